The van der Waals surface area contributed by atoms with E-state index in [1.165, 1.54) is 24.3 Å². The van der Waals surface area contributed by atoms with E-state index in [0.717, 1.165) is 0 Å². The maximum atomic E-state index is 13.3. The first-order valence-corrected chi connectivity index (χ1v) is 5.20. The molecule has 2 aromatic rings. The zero-order valence-corrected chi connectivity index (χ0v) is 9.67. The number of benzene rings is 2. The first kappa shape index (κ1) is 13.9. The Hall–Kier alpha value is -2.51. The molecular formula is C12H6F5N3. The molecule has 2 aromatic carbocycles. The third kappa shape index (κ3) is 2.44. The SMILES string of the molecule is Nc1ccc(/N=N/c2c(F)c(F)c(F)c(F)c2F)cc1. The monoisotopic (exact) mass is 287 g/mol. The average molecular weight is 287 g/mol. The highest BCUT2D eigenvalue weighted by molar-refractivity contribution is 5.48. The van der Waals surface area contributed by atoms with Crippen molar-refractivity contribution in [3.05, 3.63) is 53.4 Å². The second-order valence-corrected chi connectivity index (χ2v) is 3.71. The molecule has 0 aromatic heterocycles. The summed E-state index contributed by atoms with van der Waals surface area (Å²) in [6, 6.07) is 5.61. The molecule has 0 amide bonds. The Bertz CT molecular complexity index is 653. The molecule has 20 heavy (non-hydrogen) atoms. The van der Waals surface area contributed by atoms with Crippen LogP contribution in [0.1, 0.15) is 0 Å². The van der Waals surface area contributed by atoms with Crippen LogP contribution in [0.4, 0.5) is 39.0 Å². The summed E-state index contributed by atoms with van der Waals surface area (Å²) in [5, 5.41) is 6.44. The second-order valence-electron chi connectivity index (χ2n) is 3.71. The van der Waals surface area contributed by atoms with E-state index in [-0.39, 0.29) is 5.69 Å². The molecule has 2 rings (SSSR count). The zero-order chi connectivity index (χ0) is 14.9. The van der Waals surface area contributed by atoms with Crippen molar-refractivity contribution in [3.63, 3.8) is 0 Å². The number of halogens is 5. The molecule has 0 saturated carbocycles. The molecular weight excluding hydrogens is 281 g/mol. The highest BCUT2D eigenvalue weighted by atomic mass is 19.2. The predicted molar refractivity (Wildman–Crippen MR) is 61.3 cm³/mol. The number of anilines is 1. The summed E-state index contributed by atoms with van der Waals surface area (Å²) in [5.74, 6) is -10.5. The van der Waals surface area contributed by atoms with E-state index in [2.05, 4.69) is 10.2 Å². The van der Waals surface area contributed by atoms with Crippen molar-refractivity contribution in [1.29, 1.82) is 0 Å². The van der Waals surface area contributed by atoms with Gasteiger partial charge in [-0.1, -0.05) is 0 Å². The number of rotatable bonds is 2. The van der Waals surface area contributed by atoms with Crippen molar-refractivity contribution in [1.82, 2.24) is 0 Å². The first-order chi connectivity index (χ1) is 9.41. The lowest BCUT2D eigenvalue weighted by Crippen LogP contribution is -2.00. The van der Waals surface area contributed by atoms with Gasteiger partial charge in [-0.3, -0.25) is 0 Å². The lowest BCUT2D eigenvalue weighted by molar-refractivity contribution is 0.380. The van der Waals surface area contributed by atoms with Gasteiger partial charge >= 0.3 is 0 Å². The normalized spacial score (nSPS) is 11.2. The van der Waals surface area contributed by atoms with Gasteiger partial charge in [0, 0.05) is 5.69 Å². The highest BCUT2D eigenvalue weighted by Gasteiger charge is 2.25. The van der Waals surface area contributed by atoms with Crippen molar-refractivity contribution < 1.29 is 22.0 Å². The average Bonchev–Trinajstić information content (AvgIpc) is 2.45. The predicted octanol–water partition coefficient (Wildman–Crippen LogP) is 4.38. The number of nitrogen functional groups attached to an aromatic ring is 1. The van der Waals surface area contributed by atoms with E-state index in [1.807, 2.05) is 0 Å². The van der Waals surface area contributed by atoms with E-state index >= 15 is 0 Å². The van der Waals surface area contributed by atoms with Gasteiger partial charge in [0.25, 0.3) is 0 Å². The Morgan fingerprint density at radius 2 is 1.10 bits per heavy atom. The quantitative estimate of drug-likeness (QED) is 0.288. The largest absolute Gasteiger partial charge is 0.399 e. The van der Waals surface area contributed by atoms with Crippen molar-refractivity contribution in [3.8, 4) is 0 Å². The van der Waals surface area contributed by atoms with Crippen molar-refractivity contribution in [2.75, 3.05) is 5.73 Å². The molecule has 0 unspecified atom stereocenters. The van der Waals surface area contributed by atoms with Crippen LogP contribution in [0.2, 0.25) is 0 Å². The second kappa shape index (κ2) is 5.24. The van der Waals surface area contributed by atoms with E-state index in [1.54, 1.807) is 0 Å². The van der Waals surface area contributed by atoms with Crippen molar-refractivity contribution in [2.24, 2.45) is 10.2 Å². The number of nitrogens with zero attached hydrogens (tertiary/aromatic N) is 2. The molecule has 0 atom stereocenters. The van der Waals surface area contributed by atoms with Crippen LogP contribution in [0.15, 0.2) is 34.5 Å². The number of hydrogen-bond donors (Lipinski definition) is 1. The Labute approximate surface area is 109 Å². The number of azo groups is 1. The van der Waals surface area contributed by atoms with Gasteiger partial charge in [-0.2, -0.15) is 5.11 Å². The summed E-state index contributed by atoms with van der Waals surface area (Å²) in [5.41, 5.74) is 4.62. The summed E-state index contributed by atoms with van der Waals surface area (Å²) in [6.45, 7) is 0. The molecule has 0 spiro atoms. The number of nitrogens with two attached hydrogens (primary N) is 1. The molecule has 8 heteroatoms. The molecule has 3 nitrogen and oxygen atoms in total. The topological polar surface area (TPSA) is 50.7 Å². The van der Waals surface area contributed by atoms with Crippen LogP contribution in [-0.4, -0.2) is 0 Å². The van der Waals surface area contributed by atoms with Gasteiger partial charge in [0.2, 0.25) is 5.82 Å². The maximum Gasteiger partial charge on any atom is 0.200 e. The maximum absolute atomic E-state index is 13.3. The molecule has 0 heterocycles. The minimum atomic E-state index is -2.24. The van der Waals surface area contributed by atoms with Gasteiger partial charge in [0.1, 0.15) is 0 Å². The zero-order valence-electron chi connectivity index (χ0n) is 9.67. The fourth-order valence-electron chi connectivity index (χ4n) is 1.33. The van der Waals surface area contributed by atoms with Crippen LogP contribution in [-0.2, 0) is 0 Å². The molecule has 0 fully saturated rings. The van der Waals surface area contributed by atoms with Crippen molar-refractivity contribution >= 4 is 17.1 Å². The Kier molecular flexibility index (Phi) is 3.64. The lowest BCUT2D eigenvalue weighted by Gasteiger charge is -2.02. The molecule has 0 saturated heterocycles. The van der Waals surface area contributed by atoms with Crippen LogP contribution >= 0.6 is 0 Å². The van der Waals surface area contributed by atoms with E-state index in [9.17, 15) is 22.0 Å². The van der Waals surface area contributed by atoms with Crippen LogP contribution < -0.4 is 5.73 Å². The summed E-state index contributed by atoms with van der Waals surface area (Å²) < 4.78 is 65.1. The first-order valence-electron chi connectivity index (χ1n) is 5.20. The summed E-state index contributed by atoms with van der Waals surface area (Å²) in [4.78, 5) is 0. The Morgan fingerprint density at radius 1 is 0.650 bits per heavy atom. The minimum absolute atomic E-state index is 0.142. The van der Waals surface area contributed by atoms with Gasteiger partial charge in [-0.25, -0.2) is 22.0 Å². The third-order valence-electron chi connectivity index (χ3n) is 2.35. The summed E-state index contributed by atoms with van der Waals surface area (Å²) in [6.07, 6.45) is 0. The van der Waals surface area contributed by atoms with Gasteiger partial charge < -0.3 is 5.73 Å². The van der Waals surface area contributed by atoms with Crippen LogP contribution in [0.3, 0.4) is 0 Å². The Morgan fingerprint density at radius 3 is 1.60 bits per heavy atom. The van der Waals surface area contributed by atoms with Gasteiger partial charge in [-0.05, 0) is 24.3 Å². The lowest BCUT2D eigenvalue weighted by atomic mass is 10.2. The van der Waals surface area contributed by atoms with Crippen molar-refractivity contribution in [2.45, 2.75) is 0 Å². The standard InChI is InChI=1S/C12H6F5N3/c13-7-8(14)10(16)12(11(17)9(7)15)20-19-6-3-1-5(18)2-4-6/h1-4H,18H2/b20-19+. The molecule has 0 aliphatic heterocycles. The molecule has 0 radical (unpaired) electrons. The molecule has 0 aliphatic carbocycles. The summed E-state index contributed by atoms with van der Waals surface area (Å²) >= 11 is 0. The third-order valence-corrected chi connectivity index (χ3v) is 2.35. The molecule has 104 valence electrons. The highest BCUT2D eigenvalue weighted by Crippen LogP contribution is 2.30. The van der Waals surface area contributed by atoms with E-state index < -0.39 is 34.8 Å². The summed E-state index contributed by atoms with van der Waals surface area (Å²) in [7, 11) is 0. The van der Waals surface area contributed by atoms with Crippen LogP contribution in [0.25, 0.3) is 0 Å². The van der Waals surface area contributed by atoms with E-state index in [4.69, 9.17) is 5.73 Å². The van der Waals surface area contributed by atoms with Gasteiger partial charge in [0.05, 0.1) is 5.69 Å². The van der Waals surface area contributed by atoms with Crippen LogP contribution in [0, 0.1) is 29.1 Å². The fraction of sp³-hybridized carbons (Fsp3) is 0. The number of hydrogen-bond acceptors (Lipinski definition) is 3. The molecule has 2 N–H and O–H groups in total. The molecule has 0 bridgehead atoms. The van der Waals surface area contributed by atoms with Gasteiger partial charge in [0.15, 0.2) is 29.0 Å². The minimum Gasteiger partial charge on any atom is -0.399 e. The molecule has 0 aliphatic rings. The van der Waals surface area contributed by atoms with Crippen LogP contribution in [0.5, 0.6) is 0 Å². The van der Waals surface area contributed by atoms with E-state index in [0.29, 0.717) is 5.69 Å². The smallest absolute Gasteiger partial charge is 0.200 e. The fourth-order valence-corrected chi connectivity index (χ4v) is 1.33. The Balaban J connectivity index is 2.46. The van der Waals surface area contributed by atoms with Gasteiger partial charge in [-0.15, -0.1) is 5.11 Å².